The number of halogens is 2. The molecule has 9 heteroatoms. The van der Waals surface area contributed by atoms with Gasteiger partial charge >= 0.3 is 196 Å². The first kappa shape index (κ1) is 21.5. The summed E-state index contributed by atoms with van der Waals surface area (Å²) in [6, 6.07) is 19.8. The van der Waals surface area contributed by atoms with Crippen molar-refractivity contribution in [1.29, 1.82) is 0 Å². The number of rotatable bonds is 7. The summed E-state index contributed by atoms with van der Waals surface area (Å²) in [6.07, 6.45) is 0.540. The van der Waals surface area contributed by atoms with Crippen molar-refractivity contribution >= 4 is 42.2 Å². The van der Waals surface area contributed by atoms with E-state index in [1.807, 2.05) is 60.7 Å². The molecule has 4 atom stereocenters. The van der Waals surface area contributed by atoms with Crippen molar-refractivity contribution in [3.05, 3.63) is 84.0 Å². The van der Waals surface area contributed by atoms with E-state index in [2.05, 4.69) is 15.0 Å². The predicted octanol–water partition coefficient (Wildman–Crippen LogP) is 3.75. The van der Waals surface area contributed by atoms with Gasteiger partial charge in [-0.1, -0.05) is 0 Å². The topological polar surface area (TPSA) is 62.1 Å². The summed E-state index contributed by atoms with van der Waals surface area (Å²) in [5.74, 6) is 0. The van der Waals surface area contributed by atoms with E-state index in [1.165, 1.54) is 6.33 Å². The van der Waals surface area contributed by atoms with E-state index in [-0.39, 0.29) is 31.5 Å². The van der Waals surface area contributed by atoms with Crippen molar-refractivity contribution in [2.45, 2.75) is 29.9 Å². The summed E-state index contributed by atoms with van der Waals surface area (Å²) >= 11 is 6.00. The molecule has 1 saturated heterocycles. The Morgan fingerprint density at radius 2 is 1.78 bits per heavy atom. The van der Waals surface area contributed by atoms with E-state index in [1.54, 1.807) is 10.9 Å². The van der Waals surface area contributed by atoms with Crippen LogP contribution in [-0.4, -0.2) is 53.4 Å². The van der Waals surface area contributed by atoms with Crippen molar-refractivity contribution in [3.8, 4) is 0 Å². The van der Waals surface area contributed by atoms with Gasteiger partial charge < -0.3 is 0 Å². The summed E-state index contributed by atoms with van der Waals surface area (Å²) in [5.41, 5.74) is 2.04. The number of benzene rings is 2. The summed E-state index contributed by atoms with van der Waals surface area (Å²) < 4.78 is 30.6. The molecule has 0 N–H and O–H groups in total. The molecule has 5 rings (SSSR count). The van der Waals surface area contributed by atoms with Gasteiger partial charge in [0.15, 0.2) is 0 Å². The Labute approximate surface area is 195 Å². The maximum atomic E-state index is 15.7. The predicted molar refractivity (Wildman–Crippen MR) is 121 cm³/mol. The molecule has 0 radical (unpaired) electrons. The number of aromatic nitrogens is 4. The van der Waals surface area contributed by atoms with Crippen LogP contribution in [0.1, 0.15) is 11.8 Å². The van der Waals surface area contributed by atoms with E-state index in [4.69, 9.17) is 21.1 Å². The Hall–Kier alpha value is -2.35. The number of hydrogen-bond acceptors (Lipinski definition) is 5. The van der Waals surface area contributed by atoms with Crippen LogP contribution in [0.3, 0.4) is 0 Å². The van der Waals surface area contributed by atoms with Crippen LogP contribution in [0.2, 0.25) is 9.97 Å². The molecule has 6 nitrogen and oxygen atoms in total. The van der Waals surface area contributed by atoms with Crippen LogP contribution in [-0.2, 0) is 16.1 Å². The first-order valence-electron chi connectivity index (χ1n) is 10.2. The Kier molecular flexibility index (Phi) is 6.48. The molecular formula is C23H20ClFN4O2Se. The number of nitrogens with zero attached hydrogens (tertiary/aromatic N) is 4. The Balaban J connectivity index is 1.39. The second kappa shape index (κ2) is 9.65. The third-order valence-corrected chi connectivity index (χ3v) is 8.29. The standard InChI is InChI=1S/C23H20ClFN4O2Se/c24-21-19-22(27-13-26-21)29(14-28-19)23-20(32-16-9-5-2-6-10-16)18(25)17(31-23)12-30-11-15-7-3-1-4-8-15/h1-10,13-14,17-18,20,23H,11-12H2/t17-,18-,20+,23+/m1/s1. The summed E-state index contributed by atoms with van der Waals surface area (Å²) in [5, 5.41) is 0.261. The van der Waals surface area contributed by atoms with Gasteiger partial charge in [-0.3, -0.25) is 0 Å². The zero-order valence-corrected chi connectivity index (χ0v) is 19.4. The van der Waals surface area contributed by atoms with E-state index >= 15 is 4.39 Å². The molecule has 0 saturated carbocycles. The summed E-state index contributed by atoms with van der Waals surface area (Å²) in [6.45, 7) is 0.569. The monoisotopic (exact) mass is 518 g/mol. The maximum absolute atomic E-state index is 15.7. The van der Waals surface area contributed by atoms with Gasteiger partial charge in [0.25, 0.3) is 0 Å². The van der Waals surface area contributed by atoms with Gasteiger partial charge in [-0.2, -0.15) is 0 Å². The van der Waals surface area contributed by atoms with E-state index < -0.39 is 18.5 Å². The molecular weight excluding hydrogens is 498 g/mol. The number of alkyl halides is 1. The Morgan fingerprint density at radius 1 is 1.03 bits per heavy atom. The average molecular weight is 518 g/mol. The Morgan fingerprint density at radius 3 is 2.56 bits per heavy atom. The summed E-state index contributed by atoms with van der Waals surface area (Å²) in [4.78, 5) is 12.3. The van der Waals surface area contributed by atoms with E-state index in [0.717, 1.165) is 10.0 Å². The minimum atomic E-state index is -1.19. The van der Waals surface area contributed by atoms with Gasteiger partial charge in [-0.05, 0) is 0 Å². The zero-order valence-electron chi connectivity index (χ0n) is 16.9. The fraction of sp³-hybridized carbons (Fsp3) is 0.261. The van der Waals surface area contributed by atoms with Crippen molar-refractivity contribution in [2.75, 3.05) is 6.61 Å². The molecule has 1 fully saturated rings. The van der Waals surface area contributed by atoms with E-state index in [0.29, 0.717) is 17.8 Å². The summed E-state index contributed by atoms with van der Waals surface area (Å²) in [7, 11) is 0. The molecule has 4 aromatic rings. The fourth-order valence-corrected chi connectivity index (χ4v) is 6.50. The van der Waals surface area contributed by atoms with Gasteiger partial charge in [-0.25, -0.2) is 0 Å². The third kappa shape index (κ3) is 4.42. The average Bonchev–Trinajstić information content (AvgIpc) is 3.38. The molecule has 164 valence electrons. The van der Waals surface area contributed by atoms with Gasteiger partial charge in [0.05, 0.1) is 0 Å². The second-order valence-corrected chi connectivity index (χ2v) is 10.4. The normalized spacial score (nSPS) is 23.1. The fourth-order valence-electron chi connectivity index (χ4n) is 3.71. The quantitative estimate of drug-likeness (QED) is 0.276. The third-order valence-electron chi connectivity index (χ3n) is 5.26. The number of hydrogen-bond donors (Lipinski definition) is 0. The first-order chi connectivity index (χ1) is 15.7. The van der Waals surface area contributed by atoms with Crippen LogP contribution >= 0.6 is 11.6 Å². The van der Waals surface area contributed by atoms with Crippen molar-refractivity contribution in [1.82, 2.24) is 19.5 Å². The van der Waals surface area contributed by atoms with Crippen LogP contribution in [0.5, 0.6) is 0 Å². The molecule has 2 aromatic carbocycles. The minimum absolute atomic E-state index is 0.163. The molecule has 2 aromatic heterocycles. The van der Waals surface area contributed by atoms with Gasteiger partial charge in [0.2, 0.25) is 0 Å². The SMILES string of the molecule is F[C@H]1[C@H]([Se]c2ccccc2)[C@@H](n2cnc3c(Cl)ncnc32)O[C@@H]1COCc1ccccc1. The van der Waals surface area contributed by atoms with Crippen molar-refractivity contribution in [2.24, 2.45) is 0 Å². The molecule has 1 aliphatic heterocycles. The molecule has 3 heterocycles. The molecule has 32 heavy (non-hydrogen) atoms. The van der Waals surface area contributed by atoms with Crippen LogP contribution in [0.4, 0.5) is 4.39 Å². The van der Waals surface area contributed by atoms with Gasteiger partial charge in [0.1, 0.15) is 0 Å². The van der Waals surface area contributed by atoms with Gasteiger partial charge in [-0.15, -0.1) is 0 Å². The number of imidazole rings is 1. The molecule has 0 amide bonds. The van der Waals surface area contributed by atoms with E-state index in [9.17, 15) is 0 Å². The molecule has 0 unspecified atom stereocenters. The second-order valence-electron chi connectivity index (χ2n) is 7.39. The van der Waals surface area contributed by atoms with Crippen LogP contribution in [0, 0.1) is 0 Å². The molecule has 0 bridgehead atoms. The molecule has 0 spiro atoms. The molecule has 1 aliphatic rings. The first-order valence-corrected chi connectivity index (χ1v) is 12.4. The van der Waals surface area contributed by atoms with Crippen molar-refractivity contribution in [3.63, 3.8) is 0 Å². The van der Waals surface area contributed by atoms with Gasteiger partial charge in [0, 0.05) is 0 Å². The number of ether oxygens (including phenoxy) is 2. The zero-order chi connectivity index (χ0) is 21.9. The number of fused-ring (bicyclic) bond motifs is 1. The van der Waals surface area contributed by atoms with Crippen LogP contribution < -0.4 is 4.46 Å². The Bertz CT molecular complexity index is 1180. The molecule has 0 aliphatic carbocycles. The van der Waals surface area contributed by atoms with Crippen molar-refractivity contribution < 1.29 is 13.9 Å². The van der Waals surface area contributed by atoms with Crippen LogP contribution in [0.25, 0.3) is 11.2 Å². The van der Waals surface area contributed by atoms with Crippen LogP contribution in [0.15, 0.2) is 73.3 Å².